The van der Waals surface area contributed by atoms with Gasteiger partial charge in [-0.3, -0.25) is 4.72 Å². The number of benzene rings is 4. The molecule has 0 aliphatic heterocycles. The number of hydrogen-bond acceptors (Lipinski definition) is 3. The van der Waals surface area contributed by atoms with Crippen LogP contribution in [0.4, 0.5) is 11.4 Å². The average molecular weight is 348 g/mol. The van der Waals surface area contributed by atoms with E-state index < -0.39 is 10.0 Å². The van der Waals surface area contributed by atoms with Gasteiger partial charge in [-0.2, -0.15) is 0 Å². The number of anilines is 2. The summed E-state index contributed by atoms with van der Waals surface area (Å²) in [7, 11) is -3.65. The van der Waals surface area contributed by atoms with E-state index in [-0.39, 0.29) is 4.90 Å². The molecule has 0 bridgehead atoms. The Bertz CT molecular complexity index is 1180. The summed E-state index contributed by atoms with van der Waals surface area (Å²) in [6.45, 7) is 0. The largest absolute Gasteiger partial charge is 0.399 e. The number of nitrogens with one attached hydrogen (secondary N) is 1. The summed E-state index contributed by atoms with van der Waals surface area (Å²) in [6, 6.07) is 23.9. The highest BCUT2D eigenvalue weighted by atomic mass is 32.2. The van der Waals surface area contributed by atoms with Crippen molar-refractivity contribution in [1.29, 1.82) is 0 Å². The maximum Gasteiger partial charge on any atom is 0.261 e. The third kappa shape index (κ3) is 2.90. The van der Waals surface area contributed by atoms with E-state index in [1.807, 2.05) is 36.4 Å². The van der Waals surface area contributed by atoms with Crippen LogP contribution in [0.15, 0.2) is 83.8 Å². The van der Waals surface area contributed by atoms with Gasteiger partial charge in [0.2, 0.25) is 0 Å². The molecule has 4 aromatic rings. The van der Waals surface area contributed by atoms with Crippen LogP contribution < -0.4 is 10.5 Å². The predicted octanol–water partition coefficient (Wildman–Crippen LogP) is 4.38. The van der Waals surface area contributed by atoms with E-state index in [1.54, 1.807) is 18.2 Å². The van der Waals surface area contributed by atoms with Crippen molar-refractivity contribution in [2.45, 2.75) is 4.90 Å². The molecule has 0 saturated heterocycles. The fraction of sp³-hybridized carbons (Fsp3) is 0. The summed E-state index contributed by atoms with van der Waals surface area (Å²) < 4.78 is 27.6. The Morgan fingerprint density at radius 3 is 2.20 bits per heavy atom. The summed E-state index contributed by atoms with van der Waals surface area (Å²) in [4.78, 5) is 0.181. The molecule has 0 fully saturated rings. The highest BCUT2D eigenvalue weighted by Gasteiger charge is 2.14. The smallest absolute Gasteiger partial charge is 0.261 e. The third-order valence-corrected chi connectivity index (χ3v) is 5.58. The summed E-state index contributed by atoms with van der Waals surface area (Å²) in [5.74, 6) is 0. The van der Waals surface area contributed by atoms with Crippen LogP contribution in [0.2, 0.25) is 0 Å². The SMILES string of the molecule is Nc1ccc(S(=O)(=O)Nc2ccc3c(ccc4ccccc43)c2)cc1. The minimum atomic E-state index is -3.65. The zero-order valence-electron chi connectivity index (χ0n) is 13.3. The molecule has 0 unspecified atom stereocenters. The molecule has 5 heteroatoms. The lowest BCUT2D eigenvalue weighted by Gasteiger charge is -2.10. The zero-order chi connectivity index (χ0) is 17.4. The van der Waals surface area contributed by atoms with Gasteiger partial charge in [0.25, 0.3) is 10.0 Å². The highest BCUT2D eigenvalue weighted by Crippen LogP contribution is 2.28. The van der Waals surface area contributed by atoms with Gasteiger partial charge in [-0.1, -0.05) is 42.5 Å². The van der Waals surface area contributed by atoms with E-state index in [2.05, 4.69) is 16.9 Å². The summed E-state index contributed by atoms with van der Waals surface area (Å²) >= 11 is 0. The van der Waals surface area contributed by atoms with E-state index >= 15 is 0 Å². The summed E-state index contributed by atoms with van der Waals surface area (Å²) in [6.07, 6.45) is 0. The van der Waals surface area contributed by atoms with Crippen molar-refractivity contribution in [3.63, 3.8) is 0 Å². The van der Waals surface area contributed by atoms with E-state index in [4.69, 9.17) is 5.73 Å². The van der Waals surface area contributed by atoms with Crippen molar-refractivity contribution >= 4 is 42.9 Å². The van der Waals surface area contributed by atoms with Crippen LogP contribution in [0.1, 0.15) is 0 Å². The van der Waals surface area contributed by atoms with Crippen LogP contribution in [-0.4, -0.2) is 8.42 Å². The monoisotopic (exact) mass is 348 g/mol. The van der Waals surface area contributed by atoms with Crippen molar-refractivity contribution in [1.82, 2.24) is 0 Å². The maximum absolute atomic E-state index is 12.5. The van der Waals surface area contributed by atoms with Crippen LogP contribution in [0.25, 0.3) is 21.5 Å². The fourth-order valence-electron chi connectivity index (χ4n) is 2.94. The molecule has 0 spiro atoms. The molecular formula is C20H16N2O2S. The minimum Gasteiger partial charge on any atom is -0.399 e. The second-order valence-electron chi connectivity index (χ2n) is 5.90. The van der Waals surface area contributed by atoms with E-state index in [9.17, 15) is 8.42 Å². The molecule has 124 valence electrons. The van der Waals surface area contributed by atoms with Gasteiger partial charge < -0.3 is 5.73 Å². The molecule has 25 heavy (non-hydrogen) atoms. The van der Waals surface area contributed by atoms with Gasteiger partial charge in [0.1, 0.15) is 0 Å². The van der Waals surface area contributed by atoms with Crippen LogP contribution in [0.5, 0.6) is 0 Å². The van der Waals surface area contributed by atoms with Crippen LogP contribution in [0.3, 0.4) is 0 Å². The summed E-state index contributed by atoms with van der Waals surface area (Å²) in [5, 5.41) is 4.38. The molecule has 4 aromatic carbocycles. The number of hydrogen-bond donors (Lipinski definition) is 2. The Morgan fingerprint density at radius 1 is 0.720 bits per heavy atom. The first kappa shape index (κ1) is 15.5. The Balaban J connectivity index is 1.75. The number of nitrogens with two attached hydrogens (primary N) is 1. The zero-order valence-corrected chi connectivity index (χ0v) is 14.1. The van der Waals surface area contributed by atoms with Crippen molar-refractivity contribution < 1.29 is 8.42 Å². The lowest BCUT2D eigenvalue weighted by molar-refractivity contribution is 0.601. The summed E-state index contributed by atoms with van der Waals surface area (Å²) in [5.41, 5.74) is 6.67. The van der Waals surface area contributed by atoms with E-state index in [0.29, 0.717) is 11.4 Å². The molecule has 0 saturated carbocycles. The second kappa shape index (κ2) is 5.79. The molecule has 4 rings (SSSR count). The average Bonchev–Trinajstić information content (AvgIpc) is 2.61. The molecule has 0 aliphatic rings. The van der Waals surface area contributed by atoms with Crippen molar-refractivity contribution in [3.05, 3.63) is 78.9 Å². The molecule has 0 radical (unpaired) electrons. The number of nitrogen functional groups attached to an aromatic ring is 1. The molecule has 0 aromatic heterocycles. The van der Waals surface area contributed by atoms with E-state index in [1.165, 1.54) is 12.1 Å². The van der Waals surface area contributed by atoms with Gasteiger partial charge in [-0.15, -0.1) is 0 Å². The molecule has 0 heterocycles. The Morgan fingerprint density at radius 2 is 1.40 bits per heavy atom. The quantitative estimate of drug-likeness (QED) is 0.426. The Hall–Kier alpha value is -3.05. The second-order valence-corrected chi connectivity index (χ2v) is 7.58. The van der Waals surface area contributed by atoms with Gasteiger partial charge in [-0.05, 0) is 57.9 Å². The van der Waals surface area contributed by atoms with Gasteiger partial charge in [0.15, 0.2) is 0 Å². The molecule has 0 aliphatic carbocycles. The normalized spacial score (nSPS) is 11.7. The minimum absolute atomic E-state index is 0.181. The van der Waals surface area contributed by atoms with Crippen molar-refractivity contribution in [2.24, 2.45) is 0 Å². The predicted molar refractivity (Wildman–Crippen MR) is 103 cm³/mol. The standard InChI is InChI=1S/C20H16N2O2S/c21-16-7-10-18(11-8-16)25(23,24)22-17-9-12-20-15(13-17)6-5-14-3-1-2-4-19(14)20/h1-13,22H,21H2. The van der Waals surface area contributed by atoms with Gasteiger partial charge in [0.05, 0.1) is 4.90 Å². The van der Waals surface area contributed by atoms with Crippen molar-refractivity contribution in [2.75, 3.05) is 10.5 Å². The molecule has 3 N–H and O–H groups in total. The van der Waals surface area contributed by atoms with Gasteiger partial charge >= 0.3 is 0 Å². The van der Waals surface area contributed by atoms with Crippen LogP contribution in [-0.2, 0) is 10.0 Å². The highest BCUT2D eigenvalue weighted by molar-refractivity contribution is 7.92. The molecular weight excluding hydrogens is 332 g/mol. The van der Waals surface area contributed by atoms with Gasteiger partial charge in [-0.25, -0.2) is 8.42 Å². The first-order valence-electron chi connectivity index (χ1n) is 7.83. The van der Waals surface area contributed by atoms with E-state index in [0.717, 1.165) is 21.5 Å². The Kier molecular flexibility index (Phi) is 3.58. The lowest BCUT2D eigenvalue weighted by Crippen LogP contribution is -2.12. The first-order valence-corrected chi connectivity index (χ1v) is 9.31. The van der Waals surface area contributed by atoms with Gasteiger partial charge in [0, 0.05) is 11.4 Å². The molecule has 0 atom stereocenters. The topological polar surface area (TPSA) is 72.2 Å². The maximum atomic E-state index is 12.5. The number of sulfonamides is 1. The van der Waals surface area contributed by atoms with Crippen LogP contribution >= 0.6 is 0 Å². The third-order valence-electron chi connectivity index (χ3n) is 4.19. The van der Waals surface area contributed by atoms with Crippen LogP contribution in [0, 0.1) is 0 Å². The first-order chi connectivity index (χ1) is 12.0. The van der Waals surface area contributed by atoms with Crippen molar-refractivity contribution in [3.8, 4) is 0 Å². The Labute approximate surface area is 146 Å². The number of fused-ring (bicyclic) bond motifs is 3. The molecule has 4 nitrogen and oxygen atoms in total. The molecule has 0 amide bonds. The fourth-order valence-corrected chi connectivity index (χ4v) is 3.99. The number of rotatable bonds is 3. The lowest BCUT2D eigenvalue weighted by atomic mass is 10.0.